The van der Waals surface area contributed by atoms with E-state index in [0.29, 0.717) is 6.92 Å². The van der Waals surface area contributed by atoms with Crippen LogP contribution in [0.3, 0.4) is 0 Å². The Morgan fingerprint density at radius 2 is 1.90 bits per heavy atom. The van der Waals surface area contributed by atoms with Gasteiger partial charge >= 0.3 is 12.2 Å². The highest BCUT2D eigenvalue weighted by Crippen LogP contribution is 2.32. The molecule has 0 aliphatic rings. The number of ether oxygens (including phenoxy) is 2. The van der Waals surface area contributed by atoms with Crippen LogP contribution in [-0.2, 0) is 10.0 Å². The lowest BCUT2D eigenvalue weighted by molar-refractivity contribution is -0.189. The Hall–Kier alpha value is -3.00. The average molecular weight is 435 g/mol. The molecule has 0 aliphatic carbocycles. The number of rotatable bonds is 6. The summed E-state index contributed by atoms with van der Waals surface area (Å²) in [4.78, 5) is 23.3. The van der Waals surface area contributed by atoms with Crippen molar-refractivity contribution in [1.29, 1.82) is 0 Å². The molecule has 0 saturated heterocycles. The molecule has 1 aromatic carbocycles. The van der Waals surface area contributed by atoms with E-state index >= 15 is 0 Å². The fourth-order valence-electron chi connectivity index (χ4n) is 2.06. The number of sulfonamides is 1. The van der Waals surface area contributed by atoms with Crippen LogP contribution in [0.25, 0.3) is 0 Å². The normalized spacial score (nSPS) is 12.9. The van der Waals surface area contributed by atoms with Crippen molar-refractivity contribution in [3.8, 4) is 11.8 Å². The highest BCUT2D eigenvalue weighted by Gasteiger charge is 2.39. The first-order chi connectivity index (χ1) is 13.3. The predicted molar refractivity (Wildman–Crippen MR) is 93.0 cm³/mol. The zero-order chi connectivity index (χ0) is 22.0. The van der Waals surface area contributed by atoms with Gasteiger partial charge in [0.2, 0.25) is 16.0 Å². The summed E-state index contributed by atoms with van der Waals surface area (Å²) in [5, 5.41) is 7.28. The molecule has 2 aromatic rings. The quantitative estimate of drug-likeness (QED) is 0.693. The predicted octanol–water partition coefficient (Wildman–Crippen LogP) is 1.42. The molecule has 1 atom stereocenters. The maximum absolute atomic E-state index is 12.9. The number of nitrogens with two attached hydrogens (primary N) is 1. The summed E-state index contributed by atoms with van der Waals surface area (Å²) in [5.74, 6) is -1.97. The van der Waals surface area contributed by atoms with E-state index in [-0.39, 0.29) is 17.8 Å². The first-order valence-corrected chi connectivity index (χ1v) is 9.34. The maximum Gasteiger partial charge on any atom is 0.425 e. The Bertz CT molecular complexity index is 1030. The number of anilines is 1. The van der Waals surface area contributed by atoms with Gasteiger partial charge in [0.05, 0.1) is 12.7 Å². The van der Waals surface area contributed by atoms with Crippen molar-refractivity contribution >= 4 is 21.9 Å². The third-order valence-electron chi connectivity index (χ3n) is 3.42. The summed E-state index contributed by atoms with van der Waals surface area (Å²) in [7, 11) is -3.23. The molecule has 0 saturated carbocycles. The number of primary sulfonamides is 1. The number of nitrogens with one attached hydrogen (secondary N) is 1. The molecule has 0 bridgehead atoms. The topological polar surface area (TPSA) is 146 Å². The molecule has 2 rings (SSSR count). The molecular weight excluding hydrogens is 419 g/mol. The van der Waals surface area contributed by atoms with E-state index in [2.05, 4.69) is 20.3 Å². The molecule has 14 heteroatoms. The largest absolute Gasteiger partial charge is 0.479 e. The van der Waals surface area contributed by atoms with Gasteiger partial charge in [-0.15, -0.1) is 0 Å². The van der Waals surface area contributed by atoms with Gasteiger partial charge in [0, 0.05) is 0 Å². The molecule has 10 nitrogen and oxygen atoms in total. The molecule has 1 aromatic heterocycles. The maximum atomic E-state index is 12.9. The van der Waals surface area contributed by atoms with Crippen molar-refractivity contribution in [2.45, 2.75) is 31.0 Å². The zero-order valence-electron chi connectivity index (χ0n) is 15.3. The van der Waals surface area contributed by atoms with Gasteiger partial charge in [0.1, 0.15) is 10.7 Å². The molecule has 158 valence electrons. The number of nitrogens with zero attached hydrogens (tertiary/aromatic N) is 3. The summed E-state index contributed by atoms with van der Waals surface area (Å²) in [6.45, 7) is 2.14. The summed E-state index contributed by atoms with van der Waals surface area (Å²) in [6.07, 6.45) is -7.24. The van der Waals surface area contributed by atoms with Gasteiger partial charge in [0.15, 0.2) is 11.9 Å². The summed E-state index contributed by atoms with van der Waals surface area (Å²) < 4.78 is 71.9. The van der Waals surface area contributed by atoms with E-state index in [1.807, 2.05) is 0 Å². The van der Waals surface area contributed by atoms with Gasteiger partial charge in [-0.2, -0.15) is 28.1 Å². The van der Waals surface area contributed by atoms with Crippen molar-refractivity contribution in [2.24, 2.45) is 5.14 Å². The van der Waals surface area contributed by atoms with Crippen LogP contribution in [0.1, 0.15) is 23.1 Å². The molecule has 0 aliphatic heterocycles. The number of halogens is 3. The number of methoxy groups -OCH3 is 1. The lowest BCUT2D eigenvalue weighted by Crippen LogP contribution is -2.33. The van der Waals surface area contributed by atoms with Gasteiger partial charge < -0.3 is 9.47 Å². The van der Waals surface area contributed by atoms with Gasteiger partial charge in [0.25, 0.3) is 5.91 Å². The number of para-hydroxylation sites is 1. The van der Waals surface area contributed by atoms with Gasteiger partial charge in [-0.1, -0.05) is 6.07 Å². The van der Waals surface area contributed by atoms with Crippen molar-refractivity contribution in [1.82, 2.24) is 15.0 Å². The Labute approximate surface area is 163 Å². The van der Waals surface area contributed by atoms with Gasteiger partial charge in [-0.25, -0.2) is 13.6 Å². The lowest BCUT2D eigenvalue weighted by Gasteiger charge is -2.21. The number of alkyl halides is 3. The van der Waals surface area contributed by atoms with Crippen LogP contribution in [0.2, 0.25) is 0 Å². The minimum Gasteiger partial charge on any atom is -0.479 e. The van der Waals surface area contributed by atoms with Crippen LogP contribution in [0, 0.1) is 6.92 Å². The van der Waals surface area contributed by atoms with E-state index in [9.17, 15) is 26.4 Å². The molecule has 29 heavy (non-hydrogen) atoms. The number of aromatic nitrogens is 3. The van der Waals surface area contributed by atoms with Crippen LogP contribution in [-0.4, -0.2) is 48.7 Å². The number of hydrogen-bond acceptors (Lipinski definition) is 8. The van der Waals surface area contributed by atoms with Crippen molar-refractivity contribution < 1.29 is 35.9 Å². The fourth-order valence-corrected chi connectivity index (χ4v) is 2.74. The minimum absolute atomic E-state index is 0.117. The molecule has 1 heterocycles. The number of carbonyl (C=O) groups is 1. The second-order valence-corrected chi connectivity index (χ2v) is 7.16. The highest BCUT2D eigenvalue weighted by atomic mass is 32.2. The third kappa shape index (κ3) is 5.51. The van der Waals surface area contributed by atoms with E-state index in [0.717, 1.165) is 18.2 Å². The van der Waals surface area contributed by atoms with E-state index in [1.54, 1.807) is 0 Å². The van der Waals surface area contributed by atoms with Crippen LogP contribution in [0.5, 0.6) is 11.8 Å². The molecule has 1 unspecified atom stereocenters. The molecule has 0 radical (unpaired) electrons. The van der Waals surface area contributed by atoms with Crippen molar-refractivity contribution in [3.63, 3.8) is 0 Å². The summed E-state index contributed by atoms with van der Waals surface area (Å²) in [6, 6.07) is 2.99. The fraction of sp³-hybridized carbons (Fsp3) is 0.333. The number of amides is 1. The van der Waals surface area contributed by atoms with E-state index in [4.69, 9.17) is 14.6 Å². The van der Waals surface area contributed by atoms with Crippen LogP contribution in [0.4, 0.5) is 19.1 Å². The third-order valence-corrected chi connectivity index (χ3v) is 4.35. The second kappa shape index (κ2) is 8.16. The number of aryl methyl sites for hydroxylation is 1. The number of benzene rings is 1. The van der Waals surface area contributed by atoms with E-state index < -0.39 is 44.4 Å². The Kier molecular flexibility index (Phi) is 6.27. The van der Waals surface area contributed by atoms with Gasteiger partial charge in [-0.3, -0.25) is 10.1 Å². The Balaban J connectivity index is 2.51. The summed E-state index contributed by atoms with van der Waals surface area (Å²) in [5.41, 5.74) is -0.523. The monoisotopic (exact) mass is 435 g/mol. The van der Waals surface area contributed by atoms with Crippen molar-refractivity contribution in [3.05, 3.63) is 29.6 Å². The van der Waals surface area contributed by atoms with Crippen molar-refractivity contribution in [2.75, 3.05) is 12.4 Å². The number of hydrogen-bond donors (Lipinski definition) is 2. The zero-order valence-corrected chi connectivity index (χ0v) is 16.1. The molecule has 1 amide bonds. The molecule has 0 spiro atoms. The standard InChI is InChI=1S/C15H16F3N5O5S/c1-7(15(16,17)18)28-11-9(5-4-6-10(11)29(19,25)26)12(24)22-13-20-8(2)21-14(23-13)27-3/h4-7H,1-3H3,(H2,19,25,26)(H,20,21,22,23,24). The van der Waals surface area contributed by atoms with Crippen LogP contribution in [0.15, 0.2) is 23.1 Å². The van der Waals surface area contributed by atoms with E-state index in [1.165, 1.54) is 14.0 Å². The minimum atomic E-state index is -4.82. The molecule has 0 fully saturated rings. The van der Waals surface area contributed by atoms with Gasteiger partial charge in [-0.05, 0) is 26.0 Å². The molecular formula is C15H16F3N5O5S. The lowest BCUT2D eigenvalue weighted by atomic mass is 10.2. The second-order valence-electron chi connectivity index (χ2n) is 5.63. The Morgan fingerprint density at radius 1 is 1.24 bits per heavy atom. The average Bonchev–Trinajstić information content (AvgIpc) is 2.59. The SMILES string of the molecule is COc1nc(C)nc(NC(=O)c2cccc(S(N)(=O)=O)c2OC(C)C(F)(F)F)n1. The Morgan fingerprint density at radius 3 is 2.45 bits per heavy atom. The number of carbonyl (C=O) groups excluding carboxylic acids is 1. The summed E-state index contributed by atoms with van der Waals surface area (Å²) >= 11 is 0. The van der Waals surface area contributed by atoms with Crippen LogP contribution >= 0.6 is 0 Å². The van der Waals surface area contributed by atoms with Crippen LogP contribution < -0.4 is 19.9 Å². The molecule has 3 N–H and O–H groups in total. The highest BCUT2D eigenvalue weighted by molar-refractivity contribution is 7.89. The first kappa shape index (κ1) is 22.3. The first-order valence-electron chi connectivity index (χ1n) is 7.80. The smallest absolute Gasteiger partial charge is 0.425 e.